The van der Waals surface area contributed by atoms with Gasteiger partial charge in [0, 0.05) is 57.3 Å². The Morgan fingerprint density at radius 2 is 2.03 bits per heavy atom. The first-order valence-electron chi connectivity index (χ1n) is 12.8. The maximum atomic E-state index is 13.5. The van der Waals surface area contributed by atoms with Crippen LogP contribution in [0.5, 0.6) is 0 Å². The predicted molar refractivity (Wildman–Crippen MR) is 148 cm³/mol. The van der Waals surface area contributed by atoms with Crippen LogP contribution in [-0.2, 0) is 16.0 Å². The van der Waals surface area contributed by atoms with Crippen molar-refractivity contribution in [3.63, 3.8) is 0 Å². The number of thiazole rings is 1. The molecule has 2 aliphatic rings. The van der Waals surface area contributed by atoms with E-state index >= 15 is 0 Å². The van der Waals surface area contributed by atoms with Crippen LogP contribution in [0, 0.1) is 5.21 Å². The minimum Gasteiger partial charge on any atom is -0.632 e. The topological polar surface area (TPSA) is 90.4 Å². The number of hydrogen-bond donors (Lipinski definition) is 1. The van der Waals surface area contributed by atoms with Crippen LogP contribution in [-0.4, -0.2) is 66.5 Å². The molecule has 1 aromatic carbocycles. The highest BCUT2D eigenvalue weighted by atomic mass is 35.5. The average Bonchev–Trinajstić information content (AvgIpc) is 3.50. The first kappa shape index (κ1) is 26.6. The van der Waals surface area contributed by atoms with Gasteiger partial charge in [0.25, 0.3) is 0 Å². The number of nitrogens with zero attached hydrogens (tertiary/aromatic N) is 4. The van der Waals surface area contributed by atoms with Gasteiger partial charge in [-0.25, -0.2) is 9.97 Å². The second-order valence-electron chi connectivity index (χ2n) is 9.64. The summed E-state index contributed by atoms with van der Waals surface area (Å²) in [4.78, 5) is 25.0. The maximum Gasteiger partial charge on any atom is 0.220 e. The Hall–Kier alpha value is -2.01. The van der Waals surface area contributed by atoms with Crippen LogP contribution in [0.3, 0.4) is 0 Å². The van der Waals surface area contributed by atoms with Crippen LogP contribution in [0.4, 0.5) is 5.82 Å². The van der Waals surface area contributed by atoms with Gasteiger partial charge in [-0.2, -0.15) is 0 Å². The van der Waals surface area contributed by atoms with E-state index in [1.807, 2.05) is 24.3 Å². The van der Waals surface area contributed by atoms with E-state index in [0.29, 0.717) is 48.9 Å². The molecular weight excluding hydrogens is 533 g/mol. The highest BCUT2D eigenvalue weighted by Gasteiger charge is 2.35. The fourth-order valence-corrected chi connectivity index (χ4v) is 6.42. The number of rotatable bonds is 9. The number of carbonyl (C=O) groups is 1. The number of ether oxygens (including phenoxy) is 1. The van der Waals surface area contributed by atoms with Gasteiger partial charge in [0.2, 0.25) is 5.91 Å². The highest BCUT2D eigenvalue weighted by Crippen LogP contribution is 2.40. The number of aryl methyl sites for hydroxylation is 1. The number of morpholine rings is 1. The number of likely N-dealkylation sites (tertiary alicyclic amines) is 1. The van der Waals surface area contributed by atoms with Gasteiger partial charge in [-0.3, -0.25) is 4.79 Å². The van der Waals surface area contributed by atoms with Crippen LogP contribution in [0.2, 0.25) is 10.0 Å². The average molecular weight is 565 g/mol. The number of nitrogens with one attached hydrogen (secondary N) is 1. The zero-order chi connectivity index (χ0) is 25.8. The van der Waals surface area contributed by atoms with Crippen molar-refractivity contribution in [3.05, 3.63) is 56.2 Å². The van der Waals surface area contributed by atoms with Gasteiger partial charge in [0.15, 0.2) is 0 Å². The number of quaternary nitrogens is 1. The van der Waals surface area contributed by atoms with Gasteiger partial charge in [-0.1, -0.05) is 40.6 Å². The lowest BCUT2D eigenvalue weighted by Gasteiger charge is -2.44. The third-order valence-corrected chi connectivity index (χ3v) is 8.90. The first-order chi connectivity index (χ1) is 17.9. The van der Waals surface area contributed by atoms with Crippen LogP contribution >= 0.6 is 34.5 Å². The van der Waals surface area contributed by atoms with Crippen molar-refractivity contribution in [2.24, 2.45) is 0 Å². The van der Waals surface area contributed by atoms with Crippen molar-refractivity contribution < 1.29 is 14.2 Å². The maximum absolute atomic E-state index is 13.5. The zero-order valence-corrected chi connectivity index (χ0v) is 23.0. The Morgan fingerprint density at radius 1 is 1.19 bits per heavy atom. The molecule has 2 fully saturated rings. The molecule has 5 rings (SSSR count). The lowest BCUT2D eigenvalue weighted by atomic mass is 10.0. The quantitative estimate of drug-likeness (QED) is 0.220. The van der Waals surface area contributed by atoms with Crippen molar-refractivity contribution in [3.8, 4) is 0 Å². The Kier molecular flexibility index (Phi) is 8.48. The lowest BCUT2D eigenvalue weighted by Crippen LogP contribution is -2.43. The van der Waals surface area contributed by atoms with Crippen LogP contribution in [0.1, 0.15) is 42.3 Å². The standard InChI is InChI=1S/C26H31Cl2N5O3S/c27-19-5-4-18(17-20(19)28)22-3-1-13-33(22,35)14-2-10-29-24(34)8-9-25-30-21-6-7-23(31-26(21)37-25)32-11-15-36-16-12-32/h4-7,17,22H,1-3,8-16H2,(H,29,34). The Bertz CT molecular complexity index is 1250. The van der Waals surface area contributed by atoms with Crippen molar-refractivity contribution in [1.29, 1.82) is 0 Å². The third kappa shape index (κ3) is 6.35. The summed E-state index contributed by atoms with van der Waals surface area (Å²) in [6.07, 6.45) is 3.27. The van der Waals surface area contributed by atoms with E-state index in [4.69, 9.17) is 32.9 Å². The van der Waals surface area contributed by atoms with Crippen molar-refractivity contribution in [1.82, 2.24) is 15.3 Å². The van der Waals surface area contributed by atoms with E-state index in [2.05, 4.69) is 15.2 Å². The summed E-state index contributed by atoms with van der Waals surface area (Å²) in [5.41, 5.74) is 1.80. The smallest absolute Gasteiger partial charge is 0.220 e. The molecule has 2 aliphatic heterocycles. The number of aromatic nitrogens is 2. The van der Waals surface area contributed by atoms with Crippen LogP contribution in [0.15, 0.2) is 30.3 Å². The Balaban J connectivity index is 1.08. The second-order valence-corrected chi connectivity index (χ2v) is 11.5. The number of fused-ring (bicyclic) bond motifs is 1. The summed E-state index contributed by atoms with van der Waals surface area (Å²) in [6.45, 7) is 4.64. The molecule has 2 aromatic heterocycles. The van der Waals surface area contributed by atoms with Crippen molar-refractivity contribution in [2.75, 3.05) is 50.8 Å². The summed E-state index contributed by atoms with van der Waals surface area (Å²) >= 11 is 13.8. The number of anilines is 1. The molecule has 2 unspecified atom stereocenters. The number of amides is 1. The van der Waals surface area contributed by atoms with Gasteiger partial charge in [0.1, 0.15) is 22.2 Å². The van der Waals surface area contributed by atoms with Gasteiger partial charge >= 0.3 is 0 Å². The molecule has 2 atom stereocenters. The predicted octanol–water partition coefficient (Wildman–Crippen LogP) is 5.12. The van der Waals surface area contributed by atoms with Gasteiger partial charge in [-0.15, -0.1) is 0 Å². The molecule has 3 aromatic rings. The summed E-state index contributed by atoms with van der Waals surface area (Å²) in [6, 6.07) is 9.33. The molecule has 0 aliphatic carbocycles. The normalized spacial score (nSPS) is 22.0. The molecule has 1 amide bonds. The van der Waals surface area contributed by atoms with Crippen molar-refractivity contribution >= 4 is 56.6 Å². The highest BCUT2D eigenvalue weighted by molar-refractivity contribution is 7.18. The number of carbonyl (C=O) groups excluding carboxylic acids is 1. The second kappa shape index (κ2) is 11.8. The number of hydrogen-bond acceptors (Lipinski definition) is 7. The molecule has 8 nitrogen and oxygen atoms in total. The molecule has 0 spiro atoms. The molecule has 1 N–H and O–H groups in total. The largest absolute Gasteiger partial charge is 0.632 e. The minimum atomic E-state index is -0.279. The van der Waals surface area contributed by atoms with Crippen LogP contribution in [0.25, 0.3) is 10.3 Å². The van der Waals surface area contributed by atoms with Gasteiger partial charge < -0.3 is 24.8 Å². The number of pyridine rings is 1. The Morgan fingerprint density at radius 3 is 2.84 bits per heavy atom. The lowest BCUT2D eigenvalue weighted by molar-refractivity contribution is -0.898. The molecule has 0 saturated carbocycles. The van der Waals surface area contributed by atoms with E-state index in [1.54, 1.807) is 17.4 Å². The monoisotopic (exact) mass is 563 g/mol. The summed E-state index contributed by atoms with van der Waals surface area (Å²) in [7, 11) is 0. The molecule has 11 heteroatoms. The van der Waals surface area contributed by atoms with E-state index in [0.717, 1.165) is 65.9 Å². The Labute approximate surface area is 230 Å². The van der Waals surface area contributed by atoms with Gasteiger partial charge in [0.05, 0.1) is 41.4 Å². The molecule has 198 valence electrons. The van der Waals surface area contributed by atoms with Crippen LogP contribution < -0.4 is 10.2 Å². The SMILES string of the molecule is O=C(CCc1nc2ccc(N3CCOCC3)nc2s1)NCCC[N+]1([O-])CCCC1c1ccc(Cl)c(Cl)c1. The number of halogens is 2. The fraction of sp³-hybridized carbons (Fsp3) is 0.500. The third-order valence-electron chi connectivity index (χ3n) is 7.13. The number of benzene rings is 1. The minimum absolute atomic E-state index is 0.0267. The van der Waals surface area contributed by atoms with E-state index in [-0.39, 0.29) is 16.6 Å². The fourth-order valence-electron chi connectivity index (χ4n) is 5.18. The first-order valence-corrected chi connectivity index (χ1v) is 14.4. The molecule has 37 heavy (non-hydrogen) atoms. The molecular formula is C26H31Cl2N5O3S. The van der Waals surface area contributed by atoms with E-state index in [9.17, 15) is 10.0 Å². The van der Waals surface area contributed by atoms with E-state index in [1.165, 1.54) is 0 Å². The van der Waals surface area contributed by atoms with E-state index < -0.39 is 0 Å². The molecule has 4 heterocycles. The zero-order valence-electron chi connectivity index (χ0n) is 20.6. The summed E-state index contributed by atoms with van der Waals surface area (Å²) in [5, 5.41) is 18.4. The summed E-state index contributed by atoms with van der Waals surface area (Å²) < 4.78 is 5.14. The number of hydroxylamine groups is 3. The molecule has 0 radical (unpaired) electrons. The molecule has 0 bridgehead atoms. The molecule has 2 saturated heterocycles. The van der Waals surface area contributed by atoms with Gasteiger partial charge in [-0.05, 0) is 24.3 Å². The van der Waals surface area contributed by atoms with Crippen molar-refractivity contribution in [2.45, 2.75) is 38.1 Å². The summed E-state index contributed by atoms with van der Waals surface area (Å²) in [5.74, 6) is 0.920.